The molecule has 0 aliphatic heterocycles. The molecule has 1 atom stereocenters. The Morgan fingerprint density at radius 2 is 1.59 bits per heavy atom. The highest BCUT2D eigenvalue weighted by Gasteiger charge is 2.26. The Balaban J connectivity index is 2.13. The van der Waals surface area contributed by atoms with Crippen molar-refractivity contribution in [2.45, 2.75) is 52.6 Å². The summed E-state index contributed by atoms with van der Waals surface area (Å²) in [6.45, 7) is 6.17. The van der Waals surface area contributed by atoms with E-state index >= 15 is 0 Å². The summed E-state index contributed by atoms with van der Waals surface area (Å²) in [4.78, 5) is 27.0. The van der Waals surface area contributed by atoms with Crippen LogP contribution in [0.4, 0.5) is 10.1 Å². The molecule has 0 spiro atoms. The molecule has 34 heavy (non-hydrogen) atoms. The van der Waals surface area contributed by atoms with Gasteiger partial charge in [0.05, 0.1) is 11.9 Å². The summed E-state index contributed by atoms with van der Waals surface area (Å²) < 4.78 is 39.3. The van der Waals surface area contributed by atoms with Crippen LogP contribution in [0.5, 0.6) is 0 Å². The Hall–Kier alpha value is -2.94. The van der Waals surface area contributed by atoms with Crippen molar-refractivity contribution in [1.82, 2.24) is 10.2 Å². The van der Waals surface area contributed by atoms with Gasteiger partial charge in [-0.15, -0.1) is 0 Å². The van der Waals surface area contributed by atoms with E-state index in [0.717, 1.165) is 18.2 Å². The molecule has 0 aliphatic carbocycles. The van der Waals surface area contributed by atoms with Gasteiger partial charge in [0, 0.05) is 26.1 Å². The SMILES string of the molecule is CCNC(=O)[C@@H](C)N(Cc1ccc(F)cc1)C(=O)CCCN(c1ccc(CC)cc1)S(C)(=O)=O. The number of rotatable bonds is 12. The fraction of sp³-hybridized carbons (Fsp3) is 0.440. The monoisotopic (exact) mass is 491 g/mol. The standard InChI is InChI=1S/C25H34FN3O4S/c1-5-20-11-15-23(16-12-20)29(34(4,32)33)17-7-8-24(30)28(19(3)25(31)27-6-2)18-21-9-13-22(26)14-10-21/h9-16,19H,5-8,17-18H2,1-4H3,(H,27,31)/t19-/m1/s1. The van der Waals surface area contributed by atoms with Crippen LogP contribution in [0.25, 0.3) is 0 Å². The quantitative estimate of drug-likeness (QED) is 0.492. The average Bonchev–Trinajstić information content (AvgIpc) is 2.80. The highest BCUT2D eigenvalue weighted by atomic mass is 32.2. The molecule has 0 radical (unpaired) electrons. The summed E-state index contributed by atoms with van der Waals surface area (Å²) in [6, 6.07) is 12.3. The summed E-state index contributed by atoms with van der Waals surface area (Å²) in [6.07, 6.45) is 2.33. The third kappa shape index (κ3) is 7.83. The lowest BCUT2D eigenvalue weighted by atomic mass is 10.1. The smallest absolute Gasteiger partial charge is 0.242 e. The number of hydrogen-bond donors (Lipinski definition) is 1. The van der Waals surface area contributed by atoms with Crippen LogP contribution in [0.2, 0.25) is 0 Å². The molecule has 2 amide bonds. The number of nitrogens with one attached hydrogen (secondary N) is 1. The van der Waals surface area contributed by atoms with Crippen LogP contribution in [0, 0.1) is 5.82 Å². The molecule has 0 fully saturated rings. The van der Waals surface area contributed by atoms with Gasteiger partial charge in [0.25, 0.3) is 0 Å². The number of carbonyl (C=O) groups excluding carboxylic acids is 2. The van der Waals surface area contributed by atoms with Crippen LogP contribution in [0.1, 0.15) is 44.7 Å². The Morgan fingerprint density at radius 3 is 2.12 bits per heavy atom. The van der Waals surface area contributed by atoms with Gasteiger partial charge >= 0.3 is 0 Å². The number of anilines is 1. The van der Waals surface area contributed by atoms with Gasteiger partial charge in [-0.2, -0.15) is 0 Å². The molecule has 2 aromatic rings. The summed E-state index contributed by atoms with van der Waals surface area (Å²) in [5.41, 5.74) is 2.34. The summed E-state index contributed by atoms with van der Waals surface area (Å²) >= 11 is 0. The van der Waals surface area contributed by atoms with E-state index < -0.39 is 16.1 Å². The van der Waals surface area contributed by atoms with Crippen LogP contribution in [0.3, 0.4) is 0 Å². The summed E-state index contributed by atoms with van der Waals surface area (Å²) in [7, 11) is -3.54. The number of benzene rings is 2. The second-order valence-electron chi connectivity index (χ2n) is 8.18. The van der Waals surface area contributed by atoms with E-state index in [-0.39, 0.29) is 43.6 Å². The maximum absolute atomic E-state index is 13.3. The molecule has 0 bridgehead atoms. The highest BCUT2D eigenvalue weighted by molar-refractivity contribution is 7.92. The largest absolute Gasteiger partial charge is 0.355 e. The maximum Gasteiger partial charge on any atom is 0.242 e. The van der Waals surface area contributed by atoms with Crippen molar-refractivity contribution in [1.29, 1.82) is 0 Å². The molecular formula is C25H34FN3O4S. The minimum Gasteiger partial charge on any atom is -0.355 e. The number of aryl methyl sites for hydroxylation is 1. The summed E-state index contributed by atoms with van der Waals surface area (Å²) in [5, 5.41) is 2.72. The topological polar surface area (TPSA) is 86.8 Å². The molecule has 2 aromatic carbocycles. The first kappa shape index (κ1) is 27.3. The zero-order valence-corrected chi connectivity index (χ0v) is 21.1. The Morgan fingerprint density at radius 1 is 1.00 bits per heavy atom. The van der Waals surface area contributed by atoms with E-state index in [1.807, 2.05) is 19.1 Å². The lowest BCUT2D eigenvalue weighted by Crippen LogP contribution is -2.47. The molecule has 0 saturated heterocycles. The van der Waals surface area contributed by atoms with Crippen molar-refractivity contribution in [2.75, 3.05) is 23.7 Å². The normalized spacial score (nSPS) is 12.1. The van der Waals surface area contributed by atoms with Gasteiger partial charge in [-0.1, -0.05) is 31.2 Å². The van der Waals surface area contributed by atoms with E-state index in [0.29, 0.717) is 17.8 Å². The minimum atomic E-state index is -3.54. The molecule has 9 heteroatoms. The lowest BCUT2D eigenvalue weighted by Gasteiger charge is -2.29. The third-order valence-corrected chi connectivity index (χ3v) is 6.76. The third-order valence-electron chi connectivity index (χ3n) is 5.57. The van der Waals surface area contributed by atoms with E-state index in [1.54, 1.807) is 38.1 Å². The Kier molecular flexibility index (Phi) is 10.0. The number of carbonyl (C=O) groups is 2. The van der Waals surface area contributed by atoms with Crippen LogP contribution in [-0.2, 0) is 32.6 Å². The number of sulfonamides is 1. The van der Waals surface area contributed by atoms with Gasteiger partial charge in [-0.05, 0) is 62.1 Å². The second kappa shape index (κ2) is 12.5. The van der Waals surface area contributed by atoms with Crippen molar-refractivity contribution < 1.29 is 22.4 Å². The van der Waals surface area contributed by atoms with Crippen molar-refractivity contribution >= 4 is 27.5 Å². The van der Waals surface area contributed by atoms with Gasteiger partial charge in [0.2, 0.25) is 21.8 Å². The molecule has 0 unspecified atom stereocenters. The highest BCUT2D eigenvalue weighted by Crippen LogP contribution is 2.20. The first-order valence-electron chi connectivity index (χ1n) is 11.4. The number of amides is 2. The fourth-order valence-corrected chi connectivity index (χ4v) is 4.56. The van der Waals surface area contributed by atoms with Crippen molar-refractivity contribution in [3.63, 3.8) is 0 Å². The average molecular weight is 492 g/mol. The lowest BCUT2D eigenvalue weighted by molar-refractivity contribution is -0.140. The van der Waals surface area contributed by atoms with E-state index in [1.165, 1.54) is 21.3 Å². The fourth-order valence-electron chi connectivity index (χ4n) is 3.59. The van der Waals surface area contributed by atoms with Crippen LogP contribution in [-0.4, -0.2) is 50.5 Å². The number of hydrogen-bond acceptors (Lipinski definition) is 4. The first-order chi connectivity index (χ1) is 16.1. The van der Waals surface area contributed by atoms with Crippen LogP contribution >= 0.6 is 0 Å². The van der Waals surface area contributed by atoms with Crippen molar-refractivity contribution in [2.24, 2.45) is 0 Å². The molecule has 0 aliphatic rings. The van der Waals surface area contributed by atoms with Crippen molar-refractivity contribution in [3.05, 3.63) is 65.5 Å². The Labute approximate surface area is 202 Å². The van der Waals surface area contributed by atoms with Gasteiger partial charge in [0.1, 0.15) is 11.9 Å². The van der Waals surface area contributed by atoms with Gasteiger partial charge in [-0.3, -0.25) is 13.9 Å². The van der Waals surface area contributed by atoms with Gasteiger partial charge in [0.15, 0.2) is 0 Å². The molecule has 1 N–H and O–H groups in total. The molecular weight excluding hydrogens is 457 g/mol. The Bertz CT molecular complexity index is 1060. The summed E-state index contributed by atoms with van der Waals surface area (Å²) in [5.74, 6) is -0.948. The van der Waals surface area contributed by atoms with E-state index in [4.69, 9.17) is 0 Å². The molecule has 7 nitrogen and oxygen atoms in total. The molecule has 0 heterocycles. The van der Waals surface area contributed by atoms with E-state index in [9.17, 15) is 22.4 Å². The molecule has 186 valence electrons. The maximum atomic E-state index is 13.3. The zero-order valence-electron chi connectivity index (χ0n) is 20.3. The minimum absolute atomic E-state index is 0.0595. The molecule has 2 rings (SSSR count). The number of nitrogens with zero attached hydrogens (tertiary/aromatic N) is 2. The van der Waals surface area contributed by atoms with Crippen LogP contribution in [0.15, 0.2) is 48.5 Å². The van der Waals surface area contributed by atoms with Crippen molar-refractivity contribution in [3.8, 4) is 0 Å². The van der Waals surface area contributed by atoms with Crippen LogP contribution < -0.4 is 9.62 Å². The number of halogens is 1. The molecule has 0 aromatic heterocycles. The van der Waals surface area contributed by atoms with E-state index in [2.05, 4.69) is 5.32 Å². The van der Waals surface area contributed by atoms with Gasteiger partial charge < -0.3 is 10.2 Å². The zero-order chi connectivity index (χ0) is 25.3. The number of likely N-dealkylation sites (N-methyl/N-ethyl adjacent to an activating group) is 1. The second-order valence-corrected chi connectivity index (χ2v) is 10.1. The predicted molar refractivity (Wildman–Crippen MR) is 132 cm³/mol. The molecule has 0 saturated carbocycles. The first-order valence-corrected chi connectivity index (χ1v) is 13.3. The predicted octanol–water partition coefficient (Wildman–Crippen LogP) is 3.49. The van der Waals surface area contributed by atoms with Gasteiger partial charge in [-0.25, -0.2) is 12.8 Å².